The molecule has 2 rings (SSSR count). The first-order chi connectivity index (χ1) is 11.7. The Bertz CT molecular complexity index is 913. The van der Waals surface area contributed by atoms with E-state index < -0.39 is 16.0 Å². The number of benzene rings is 1. The zero-order valence-electron chi connectivity index (χ0n) is 13.8. The fraction of sp³-hybridized carbons (Fsp3) is 0.250. The first-order valence-corrected chi connectivity index (χ1v) is 9.11. The van der Waals surface area contributed by atoms with E-state index in [4.69, 9.17) is 21.4 Å². The number of nitrogens with zero attached hydrogens (tertiary/aromatic N) is 1. The zero-order chi connectivity index (χ0) is 18.8. The largest absolute Gasteiger partial charge is 0.480 e. The number of pyridine rings is 1. The molecule has 2 aromatic rings. The van der Waals surface area contributed by atoms with Gasteiger partial charge in [-0.1, -0.05) is 25.4 Å². The van der Waals surface area contributed by atoms with Crippen molar-refractivity contribution in [3.8, 4) is 5.88 Å². The summed E-state index contributed by atoms with van der Waals surface area (Å²) in [6.07, 6.45) is 1.60. The zero-order valence-corrected chi connectivity index (χ0v) is 15.4. The predicted octanol–water partition coefficient (Wildman–Crippen LogP) is 3.37. The molecule has 1 aromatic carbocycles. The number of carboxylic acids is 1. The highest BCUT2D eigenvalue weighted by atomic mass is 35.5. The molecule has 0 saturated heterocycles. The highest BCUT2D eigenvalue weighted by Gasteiger charge is 2.21. The predicted molar refractivity (Wildman–Crippen MR) is 94.1 cm³/mol. The van der Waals surface area contributed by atoms with Crippen LogP contribution < -0.4 is 9.46 Å². The minimum Gasteiger partial charge on any atom is -0.480 e. The molecule has 0 aliphatic carbocycles. The Morgan fingerprint density at radius 3 is 2.56 bits per heavy atom. The number of halogens is 1. The van der Waals surface area contributed by atoms with E-state index in [1.54, 1.807) is 12.3 Å². The number of carbonyl (C=O) groups is 1. The van der Waals surface area contributed by atoms with Gasteiger partial charge in [0.1, 0.15) is 5.69 Å². The molecule has 0 aliphatic rings. The van der Waals surface area contributed by atoms with Crippen molar-refractivity contribution in [3.63, 3.8) is 0 Å². The van der Waals surface area contributed by atoms with Gasteiger partial charge in [0.05, 0.1) is 22.6 Å². The number of ether oxygens (including phenoxy) is 1. The molecule has 1 aromatic heterocycles. The van der Waals surface area contributed by atoms with Crippen molar-refractivity contribution in [2.24, 2.45) is 0 Å². The summed E-state index contributed by atoms with van der Waals surface area (Å²) in [5.41, 5.74) is 0.687. The average Bonchev–Trinajstić information content (AvgIpc) is 2.54. The lowest BCUT2D eigenvalue weighted by Gasteiger charge is -2.14. The molecule has 0 bridgehead atoms. The van der Waals surface area contributed by atoms with Gasteiger partial charge in [-0.05, 0) is 35.7 Å². The molecule has 7 nitrogen and oxygen atoms in total. The number of aromatic carboxylic acids is 1. The number of hydrogen-bond acceptors (Lipinski definition) is 5. The lowest BCUT2D eigenvalue weighted by Crippen LogP contribution is -2.15. The fourth-order valence-corrected chi connectivity index (χ4v) is 3.33. The van der Waals surface area contributed by atoms with Crippen LogP contribution in [0.3, 0.4) is 0 Å². The monoisotopic (exact) mass is 384 g/mol. The quantitative estimate of drug-likeness (QED) is 0.790. The highest BCUT2D eigenvalue weighted by molar-refractivity contribution is 7.92. The van der Waals surface area contributed by atoms with Crippen LogP contribution >= 0.6 is 11.6 Å². The number of anilines is 1. The van der Waals surface area contributed by atoms with E-state index in [1.807, 2.05) is 13.8 Å². The highest BCUT2D eigenvalue weighted by Crippen LogP contribution is 2.29. The van der Waals surface area contributed by atoms with Crippen molar-refractivity contribution in [3.05, 3.63) is 46.6 Å². The Labute approximate surface area is 150 Å². The number of sulfonamides is 1. The maximum atomic E-state index is 12.6. The van der Waals surface area contributed by atoms with Gasteiger partial charge in [-0.3, -0.25) is 4.72 Å². The molecule has 0 atom stereocenters. The Morgan fingerprint density at radius 2 is 2.00 bits per heavy atom. The second-order valence-electron chi connectivity index (χ2n) is 5.53. The molecule has 0 spiro atoms. The van der Waals surface area contributed by atoms with Crippen LogP contribution in [0.25, 0.3) is 0 Å². The molecule has 0 unspecified atom stereocenters. The molecule has 1 heterocycles. The van der Waals surface area contributed by atoms with E-state index >= 15 is 0 Å². The molecular formula is C16H17ClN2O5S. The average molecular weight is 385 g/mol. The second kappa shape index (κ2) is 7.28. The van der Waals surface area contributed by atoms with E-state index in [9.17, 15) is 13.2 Å². The lowest BCUT2D eigenvalue weighted by atomic mass is 10.1. The number of aromatic nitrogens is 1. The first-order valence-electron chi connectivity index (χ1n) is 7.25. The topological polar surface area (TPSA) is 106 Å². The SMILES string of the molecule is COc1ncc(C(C)C)cc1NS(=O)(=O)c1ccc(Cl)c(C(=O)O)c1. The molecule has 0 aliphatic heterocycles. The van der Waals surface area contributed by atoms with E-state index in [2.05, 4.69) is 9.71 Å². The van der Waals surface area contributed by atoms with Crippen LogP contribution in [0.15, 0.2) is 35.4 Å². The van der Waals surface area contributed by atoms with Gasteiger partial charge < -0.3 is 9.84 Å². The van der Waals surface area contributed by atoms with Crippen LogP contribution in [-0.4, -0.2) is 31.6 Å². The third kappa shape index (κ3) is 4.21. The van der Waals surface area contributed by atoms with Gasteiger partial charge in [0.2, 0.25) is 5.88 Å². The Hall–Kier alpha value is -2.32. The van der Waals surface area contributed by atoms with Crippen LogP contribution in [0.4, 0.5) is 5.69 Å². The summed E-state index contributed by atoms with van der Waals surface area (Å²) in [7, 11) is -2.68. The van der Waals surface area contributed by atoms with Gasteiger partial charge in [-0.2, -0.15) is 0 Å². The first kappa shape index (κ1) is 19.0. The Kier molecular flexibility index (Phi) is 5.54. The third-order valence-electron chi connectivity index (χ3n) is 3.46. The molecule has 0 amide bonds. The van der Waals surface area contributed by atoms with Crippen LogP contribution in [0.5, 0.6) is 5.88 Å². The standard InChI is InChI=1S/C16H17ClN2O5S/c1-9(2)10-6-14(15(24-3)18-8-10)19-25(22,23)11-4-5-13(17)12(7-11)16(20)21/h4-9,19H,1-3H3,(H,20,21). The van der Waals surface area contributed by atoms with Gasteiger partial charge in [-0.25, -0.2) is 18.2 Å². The van der Waals surface area contributed by atoms with Crippen molar-refractivity contribution in [2.75, 3.05) is 11.8 Å². The van der Waals surface area contributed by atoms with Gasteiger partial charge >= 0.3 is 5.97 Å². The van der Waals surface area contributed by atoms with Crippen LogP contribution in [0, 0.1) is 0 Å². The van der Waals surface area contributed by atoms with E-state index in [0.29, 0.717) is 0 Å². The van der Waals surface area contributed by atoms with Crippen LogP contribution in [0.2, 0.25) is 5.02 Å². The number of rotatable bonds is 6. The summed E-state index contributed by atoms with van der Waals surface area (Å²) < 4.78 is 32.7. The van der Waals surface area contributed by atoms with Gasteiger partial charge in [0, 0.05) is 6.20 Å². The third-order valence-corrected chi connectivity index (χ3v) is 5.15. The van der Waals surface area contributed by atoms with E-state index in [-0.39, 0.29) is 33.0 Å². The number of hydrogen-bond donors (Lipinski definition) is 2. The molecule has 2 N–H and O–H groups in total. The van der Waals surface area contributed by atoms with E-state index in [1.165, 1.54) is 19.2 Å². The van der Waals surface area contributed by atoms with Gasteiger partial charge in [0.15, 0.2) is 0 Å². The summed E-state index contributed by atoms with van der Waals surface area (Å²) >= 11 is 5.78. The lowest BCUT2D eigenvalue weighted by molar-refractivity contribution is 0.0697. The minimum absolute atomic E-state index is 0.0486. The number of nitrogens with one attached hydrogen (secondary N) is 1. The van der Waals surface area contributed by atoms with Crippen molar-refractivity contribution < 1.29 is 23.1 Å². The maximum Gasteiger partial charge on any atom is 0.337 e. The minimum atomic E-state index is -4.05. The Morgan fingerprint density at radius 1 is 1.32 bits per heavy atom. The van der Waals surface area contributed by atoms with Crippen molar-refractivity contribution in [1.29, 1.82) is 0 Å². The molecule has 9 heteroatoms. The molecule has 0 saturated carbocycles. The summed E-state index contributed by atoms with van der Waals surface area (Å²) in [4.78, 5) is 15.0. The van der Waals surface area contributed by atoms with Crippen LogP contribution in [-0.2, 0) is 10.0 Å². The van der Waals surface area contributed by atoms with E-state index in [0.717, 1.165) is 11.6 Å². The van der Waals surface area contributed by atoms with Crippen molar-refractivity contribution >= 4 is 33.3 Å². The normalized spacial score (nSPS) is 11.4. The summed E-state index contributed by atoms with van der Waals surface area (Å²) in [5, 5.41) is 9.05. The molecule has 0 fully saturated rings. The number of methoxy groups -OCH3 is 1. The summed E-state index contributed by atoms with van der Waals surface area (Å²) in [5.74, 6) is -1.07. The van der Waals surface area contributed by atoms with Gasteiger partial charge in [0.25, 0.3) is 10.0 Å². The molecule has 25 heavy (non-hydrogen) atoms. The van der Waals surface area contributed by atoms with Crippen molar-refractivity contribution in [1.82, 2.24) is 4.98 Å². The Balaban J connectivity index is 2.47. The van der Waals surface area contributed by atoms with Crippen molar-refractivity contribution in [2.45, 2.75) is 24.7 Å². The molecule has 134 valence electrons. The fourth-order valence-electron chi connectivity index (χ4n) is 2.06. The summed E-state index contributed by atoms with van der Waals surface area (Å²) in [6, 6.07) is 5.07. The molecular weight excluding hydrogens is 368 g/mol. The maximum absolute atomic E-state index is 12.6. The molecule has 0 radical (unpaired) electrons. The summed E-state index contributed by atoms with van der Waals surface area (Å²) in [6.45, 7) is 3.89. The second-order valence-corrected chi connectivity index (χ2v) is 7.62. The number of carboxylic acid groups (broad SMARTS) is 1. The smallest absolute Gasteiger partial charge is 0.337 e. The van der Waals surface area contributed by atoms with Gasteiger partial charge in [-0.15, -0.1) is 0 Å². The van der Waals surface area contributed by atoms with Crippen LogP contribution in [0.1, 0.15) is 35.7 Å².